The Kier molecular flexibility index (Phi) is 5.53. The van der Waals surface area contributed by atoms with E-state index in [1.807, 2.05) is 0 Å². The summed E-state index contributed by atoms with van der Waals surface area (Å²) in [6.07, 6.45) is 1.02. The van der Waals surface area contributed by atoms with E-state index in [0.29, 0.717) is 23.4 Å². The molecule has 1 aliphatic carbocycles. The van der Waals surface area contributed by atoms with Gasteiger partial charge in [-0.1, -0.05) is 17.7 Å². The SMILES string of the molecule is O=C(CCNC(=O)C1CC1c1c(F)cccc1Cl)NC1CCS(=O)(=O)C1. The molecule has 2 N–H and O–H groups in total. The number of sulfone groups is 1. The molecule has 1 saturated heterocycles. The third kappa shape index (κ3) is 4.54. The number of halogens is 2. The molecule has 2 fully saturated rings. The zero-order valence-corrected chi connectivity index (χ0v) is 15.6. The van der Waals surface area contributed by atoms with Crippen LogP contribution in [0.5, 0.6) is 0 Å². The van der Waals surface area contributed by atoms with Crippen LogP contribution in [0.25, 0.3) is 0 Å². The van der Waals surface area contributed by atoms with E-state index in [2.05, 4.69) is 10.6 Å². The highest BCUT2D eigenvalue weighted by Gasteiger charge is 2.46. The molecule has 0 spiro atoms. The highest BCUT2D eigenvalue weighted by atomic mass is 35.5. The van der Waals surface area contributed by atoms with E-state index in [0.717, 1.165) is 0 Å². The van der Waals surface area contributed by atoms with Gasteiger partial charge in [-0.2, -0.15) is 0 Å². The monoisotopic (exact) mass is 402 g/mol. The van der Waals surface area contributed by atoms with Crippen LogP contribution in [-0.4, -0.2) is 44.3 Å². The summed E-state index contributed by atoms with van der Waals surface area (Å²) >= 11 is 6.01. The zero-order valence-electron chi connectivity index (χ0n) is 14.0. The molecule has 9 heteroatoms. The molecule has 3 rings (SSSR count). The van der Waals surface area contributed by atoms with Gasteiger partial charge in [0, 0.05) is 41.4 Å². The summed E-state index contributed by atoms with van der Waals surface area (Å²) in [5, 5.41) is 5.65. The lowest BCUT2D eigenvalue weighted by atomic mass is 10.1. The molecule has 142 valence electrons. The predicted octanol–water partition coefficient (Wildman–Crippen LogP) is 1.39. The lowest BCUT2D eigenvalue weighted by molar-refractivity contribution is -0.123. The van der Waals surface area contributed by atoms with Gasteiger partial charge in [0.2, 0.25) is 11.8 Å². The van der Waals surface area contributed by atoms with Gasteiger partial charge in [-0.25, -0.2) is 12.8 Å². The summed E-state index contributed by atoms with van der Waals surface area (Å²) in [5.41, 5.74) is 0.370. The van der Waals surface area contributed by atoms with Crippen molar-refractivity contribution in [2.24, 2.45) is 5.92 Å². The highest BCUT2D eigenvalue weighted by molar-refractivity contribution is 7.91. The van der Waals surface area contributed by atoms with Crippen molar-refractivity contribution in [3.8, 4) is 0 Å². The average molecular weight is 403 g/mol. The molecule has 2 aliphatic rings. The number of amides is 2. The topological polar surface area (TPSA) is 92.3 Å². The van der Waals surface area contributed by atoms with Crippen molar-refractivity contribution in [2.75, 3.05) is 18.1 Å². The van der Waals surface area contributed by atoms with Crippen molar-refractivity contribution >= 4 is 33.3 Å². The van der Waals surface area contributed by atoms with Crippen molar-refractivity contribution in [3.05, 3.63) is 34.6 Å². The van der Waals surface area contributed by atoms with E-state index in [-0.39, 0.29) is 54.2 Å². The second-order valence-corrected chi connectivity index (χ2v) is 9.43. The molecule has 6 nitrogen and oxygen atoms in total. The van der Waals surface area contributed by atoms with Crippen LogP contribution >= 0.6 is 11.6 Å². The smallest absolute Gasteiger partial charge is 0.223 e. The number of carbonyl (C=O) groups is 2. The standard InChI is InChI=1S/C17H20ClFN2O4S/c18-13-2-1-3-14(19)16(13)11-8-12(11)17(23)20-6-4-15(22)21-10-5-7-26(24,25)9-10/h1-3,10-12H,4-9H2,(H,20,23)(H,21,22). The number of rotatable bonds is 6. The van der Waals surface area contributed by atoms with Crippen molar-refractivity contribution in [1.82, 2.24) is 10.6 Å². The minimum atomic E-state index is -3.04. The van der Waals surface area contributed by atoms with Gasteiger partial charge < -0.3 is 10.6 Å². The predicted molar refractivity (Wildman–Crippen MR) is 95.1 cm³/mol. The van der Waals surface area contributed by atoms with Crippen LogP contribution in [-0.2, 0) is 19.4 Å². The maximum Gasteiger partial charge on any atom is 0.223 e. The maximum atomic E-state index is 13.9. The number of hydrogen-bond acceptors (Lipinski definition) is 4. The fourth-order valence-electron chi connectivity index (χ4n) is 3.31. The quantitative estimate of drug-likeness (QED) is 0.752. The van der Waals surface area contributed by atoms with Crippen LogP contribution in [0.15, 0.2) is 18.2 Å². The summed E-state index contributed by atoms with van der Waals surface area (Å²) in [7, 11) is -3.04. The fraction of sp³-hybridized carbons (Fsp3) is 0.529. The molecular weight excluding hydrogens is 383 g/mol. The van der Waals surface area contributed by atoms with E-state index in [9.17, 15) is 22.4 Å². The summed E-state index contributed by atoms with van der Waals surface area (Å²) in [4.78, 5) is 24.0. The van der Waals surface area contributed by atoms with Gasteiger partial charge in [0.1, 0.15) is 5.82 Å². The van der Waals surface area contributed by atoms with Crippen molar-refractivity contribution in [1.29, 1.82) is 0 Å². The maximum absolute atomic E-state index is 13.9. The van der Waals surface area contributed by atoms with Crippen molar-refractivity contribution in [2.45, 2.75) is 31.2 Å². The molecule has 0 radical (unpaired) electrons. The Balaban J connectivity index is 1.41. The molecule has 26 heavy (non-hydrogen) atoms. The third-order valence-corrected chi connectivity index (χ3v) is 6.84. The molecule has 1 saturated carbocycles. The Morgan fingerprint density at radius 2 is 2.08 bits per heavy atom. The zero-order chi connectivity index (χ0) is 18.9. The summed E-state index contributed by atoms with van der Waals surface area (Å²) in [5.74, 6) is -1.45. The second-order valence-electron chi connectivity index (χ2n) is 6.79. The molecular formula is C17H20ClFN2O4S. The summed E-state index contributed by atoms with van der Waals surface area (Å²) in [6, 6.07) is 4.09. The van der Waals surface area contributed by atoms with Gasteiger partial charge in [0.25, 0.3) is 0 Å². The molecule has 3 unspecified atom stereocenters. The minimum absolute atomic E-state index is 0.0295. The first-order chi connectivity index (χ1) is 12.3. The van der Waals surface area contributed by atoms with Crippen molar-refractivity contribution in [3.63, 3.8) is 0 Å². The summed E-state index contributed by atoms with van der Waals surface area (Å²) in [6.45, 7) is 0.151. The second kappa shape index (κ2) is 7.52. The number of benzene rings is 1. The third-order valence-electron chi connectivity index (χ3n) is 4.75. The van der Waals surface area contributed by atoms with Gasteiger partial charge in [-0.15, -0.1) is 0 Å². The molecule has 3 atom stereocenters. The van der Waals surface area contributed by atoms with Crippen LogP contribution in [0.2, 0.25) is 5.02 Å². The lowest BCUT2D eigenvalue weighted by Gasteiger charge is -2.11. The molecule has 1 aromatic carbocycles. The van der Waals surface area contributed by atoms with E-state index >= 15 is 0 Å². The molecule has 1 heterocycles. The largest absolute Gasteiger partial charge is 0.355 e. The normalized spacial score (nSPS) is 26.3. The Morgan fingerprint density at radius 3 is 2.73 bits per heavy atom. The minimum Gasteiger partial charge on any atom is -0.355 e. The van der Waals surface area contributed by atoms with Crippen molar-refractivity contribution < 1.29 is 22.4 Å². The van der Waals surface area contributed by atoms with E-state index in [4.69, 9.17) is 11.6 Å². The Hall–Kier alpha value is -1.67. The summed E-state index contributed by atoms with van der Waals surface area (Å²) < 4.78 is 36.6. The molecule has 0 bridgehead atoms. The number of hydrogen-bond donors (Lipinski definition) is 2. The molecule has 1 aliphatic heterocycles. The van der Waals surface area contributed by atoms with Crippen LogP contribution in [0.3, 0.4) is 0 Å². The first-order valence-corrected chi connectivity index (χ1v) is 10.7. The van der Waals surface area contributed by atoms with Gasteiger partial charge in [-0.05, 0) is 25.0 Å². The molecule has 1 aromatic rings. The number of carbonyl (C=O) groups excluding carboxylic acids is 2. The van der Waals surface area contributed by atoms with Gasteiger partial charge in [0.15, 0.2) is 9.84 Å². The highest BCUT2D eigenvalue weighted by Crippen LogP contribution is 2.50. The van der Waals surface area contributed by atoms with Crippen LogP contribution in [0, 0.1) is 11.7 Å². The Bertz CT molecular complexity index is 810. The van der Waals surface area contributed by atoms with Crippen LogP contribution in [0.4, 0.5) is 4.39 Å². The molecule has 2 amide bonds. The Labute approximate surface area is 156 Å². The van der Waals surface area contributed by atoms with E-state index in [1.165, 1.54) is 12.1 Å². The van der Waals surface area contributed by atoms with Gasteiger partial charge >= 0.3 is 0 Å². The van der Waals surface area contributed by atoms with E-state index < -0.39 is 15.7 Å². The van der Waals surface area contributed by atoms with E-state index in [1.54, 1.807) is 6.07 Å². The van der Waals surface area contributed by atoms with Gasteiger partial charge in [-0.3, -0.25) is 9.59 Å². The average Bonchev–Trinajstić information content (AvgIpc) is 3.25. The fourth-order valence-corrected chi connectivity index (χ4v) is 5.28. The van der Waals surface area contributed by atoms with Crippen LogP contribution < -0.4 is 10.6 Å². The first kappa shape index (κ1) is 19.1. The van der Waals surface area contributed by atoms with Crippen LogP contribution in [0.1, 0.15) is 30.7 Å². The molecule has 0 aromatic heterocycles. The number of nitrogens with one attached hydrogen (secondary N) is 2. The van der Waals surface area contributed by atoms with Gasteiger partial charge in [0.05, 0.1) is 11.5 Å². The first-order valence-electron chi connectivity index (χ1n) is 8.48. The lowest BCUT2D eigenvalue weighted by Crippen LogP contribution is -2.38. The Morgan fingerprint density at radius 1 is 1.31 bits per heavy atom.